The second-order valence-electron chi connectivity index (χ2n) is 4.26. The summed E-state index contributed by atoms with van der Waals surface area (Å²) < 4.78 is 0. The van der Waals surface area contributed by atoms with Gasteiger partial charge >= 0.3 is 0 Å². The zero-order chi connectivity index (χ0) is 9.35. The number of amides is 1. The van der Waals surface area contributed by atoms with Gasteiger partial charge in [0.25, 0.3) is 0 Å². The van der Waals surface area contributed by atoms with E-state index in [4.69, 9.17) is 0 Å². The molecular formula is C8H17NO2Si. The third kappa shape index (κ3) is 2.32. The van der Waals surface area contributed by atoms with Gasteiger partial charge in [0.15, 0.2) is 8.32 Å². The lowest BCUT2D eigenvalue weighted by molar-refractivity contribution is -0.129. The molecule has 1 amide bonds. The standard InChI is InChI=1S/C8H17NO2Si/c1-9-5-4-7(8(9)10)6-12(2,3)11/h7,11H,4-6H2,1-3H3. The molecule has 0 aromatic rings. The van der Waals surface area contributed by atoms with E-state index in [9.17, 15) is 9.59 Å². The summed E-state index contributed by atoms with van der Waals surface area (Å²) in [6, 6.07) is 0.718. The molecule has 3 nitrogen and oxygen atoms in total. The van der Waals surface area contributed by atoms with Crippen molar-refractivity contribution < 1.29 is 9.59 Å². The summed E-state index contributed by atoms with van der Waals surface area (Å²) in [6.45, 7) is 4.63. The average Bonchev–Trinajstić information content (AvgIpc) is 2.16. The van der Waals surface area contributed by atoms with E-state index >= 15 is 0 Å². The Labute approximate surface area is 74.5 Å². The van der Waals surface area contributed by atoms with Crippen LogP contribution in [0.1, 0.15) is 6.42 Å². The fourth-order valence-electron chi connectivity index (χ4n) is 1.69. The lowest BCUT2D eigenvalue weighted by Gasteiger charge is -2.17. The Kier molecular flexibility index (Phi) is 2.58. The van der Waals surface area contributed by atoms with Gasteiger partial charge in [-0.25, -0.2) is 0 Å². The van der Waals surface area contributed by atoms with Crippen LogP contribution in [0.3, 0.4) is 0 Å². The molecule has 1 fully saturated rings. The van der Waals surface area contributed by atoms with Crippen molar-refractivity contribution in [3.8, 4) is 0 Å². The first-order valence-corrected chi connectivity index (χ1v) is 7.53. The first kappa shape index (κ1) is 9.73. The van der Waals surface area contributed by atoms with Crippen molar-refractivity contribution in [2.24, 2.45) is 5.92 Å². The number of hydrogen-bond donors (Lipinski definition) is 1. The highest BCUT2D eigenvalue weighted by Crippen LogP contribution is 2.24. The Balaban J connectivity index is 2.50. The molecule has 0 aliphatic carbocycles. The largest absolute Gasteiger partial charge is 0.432 e. The summed E-state index contributed by atoms with van der Waals surface area (Å²) in [5, 5.41) is 0. The molecule has 1 saturated heterocycles. The van der Waals surface area contributed by atoms with Crippen LogP contribution in [-0.2, 0) is 4.79 Å². The summed E-state index contributed by atoms with van der Waals surface area (Å²) in [5.74, 6) is 0.311. The van der Waals surface area contributed by atoms with Crippen molar-refractivity contribution in [1.82, 2.24) is 4.90 Å². The van der Waals surface area contributed by atoms with E-state index in [0.717, 1.165) is 19.0 Å². The highest BCUT2D eigenvalue weighted by Gasteiger charge is 2.34. The van der Waals surface area contributed by atoms with Crippen LogP contribution in [0.5, 0.6) is 0 Å². The van der Waals surface area contributed by atoms with E-state index in [-0.39, 0.29) is 11.8 Å². The molecule has 0 radical (unpaired) electrons. The molecule has 1 unspecified atom stereocenters. The number of hydrogen-bond acceptors (Lipinski definition) is 2. The molecular weight excluding hydrogens is 170 g/mol. The summed E-state index contributed by atoms with van der Waals surface area (Å²) in [5.41, 5.74) is 0. The molecule has 1 aliphatic heterocycles. The quantitative estimate of drug-likeness (QED) is 0.645. The predicted octanol–water partition coefficient (Wildman–Crippen LogP) is 0.662. The van der Waals surface area contributed by atoms with Gasteiger partial charge in [0.1, 0.15) is 0 Å². The van der Waals surface area contributed by atoms with Crippen molar-refractivity contribution in [2.75, 3.05) is 13.6 Å². The smallest absolute Gasteiger partial charge is 0.225 e. The Morgan fingerprint density at radius 2 is 2.25 bits per heavy atom. The van der Waals surface area contributed by atoms with Crippen molar-refractivity contribution in [1.29, 1.82) is 0 Å². The van der Waals surface area contributed by atoms with Crippen molar-refractivity contribution in [2.45, 2.75) is 25.6 Å². The Morgan fingerprint density at radius 3 is 2.58 bits per heavy atom. The van der Waals surface area contributed by atoms with Gasteiger partial charge in [-0.2, -0.15) is 0 Å². The fraction of sp³-hybridized carbons (Fsp3) is 0.875. The summed E-state index contributed by atoms with van der Waals surface area (Å²) in [4.78, 5) is 22.8. The van der Waals surface area contributed by atoms with E-state index in [1.165, 1.54) is 0 Å². The number of carbonyl (C=O) groups is 1. The fourth-order valence-corrected chi connectivity index (χ4v) is 3.27. The number of likely N-dealkylation sites (tertiary alicyclic amines) is 1. The van der Waals surface area contributed by atoms with Crippen LogP contribution in [0, 0.1) is 5.92 Å². The minimum atomic E-state index is -2.04. The maximum atomic E-state index is 11.4. The van der Waals surface area contributed by atoms with Gasteiger partial charge in [0.2, 0.25) is 5.91 Å². The first-order valence-electron chi connectivity index (χ1n) is 4.37. The van der Waals surface area contributed by atoms with Crippen LogP contribution < -0.4 is 0 Å². The Bertz CT molecular complexity index is 188. The predicted molar refractivity (Wildman–Crippen MR) is 50.3 cm³/mol. The summed E-state index contributed by atoms with van der Waals surface area (Å²) in [7, 11) is -0.213. The molecule has 0 saturated carbocycles. The molecule has 1 heterocycles. The number of nitrogens with zero attached hydrogens (tertiary/aromatic N) is 1. The summed E-state index contributed by atoms with van der Waals surface area (Å²) in [6.07, 6.45) is 0.923. The van der Waals surface area contributed by atoms with Gasteiger partial charge in [-0.15, -0.1) is 0 Å². The van der Waals surface area contributed by atoms with E-state index in [1.807, 2.05) is 20.1 Å². The Morgan fingerprint density at radius 1 is 1.67 bits per heavy atom. The Hall–Kier alpha value is -0.353. The summed E-state index contributed by atoms with van der Waals surface area (Å²) >= 11 is 0. The number of carbonyl (C=O) groups excluding carboxylic acids is 1. The monoisotopic (exact) mass is 187 g/mol. The van der Waals surface area contributed by atoms with Crippen LogP contribution in [0.25, 0.3) is 0 Å². The van der Waals surface area contributed by atoms with Crippen molar-refractivity contribution in [3.05, 3.63) is 0 Å². The second-order valence-corrected chi connectivity index (χ2v) is 8.30. The van der Waals surface area contributed by atoms with Crippen LogP contribution in [-0.4, -0.2) is 37.5 Å². The van der Waals surface area contributed by atoms with Crippen molar-refractivity contribution >= 4 is 14.2 Å². The molecule has 12 heavy (non-hydrogen) atoms. The molecule has 1 N–H and O–H groups in total. The van der Waals surface area contributed by atoms with E-state index in [0.29, 0.717) is 0 Å². The minimum Gasteiger partial charge on any atom is -0.432 e. The first-order chi connectivity index (χ1) is 5.40. The molecule has 0 aromatic heterocycles. The SMILES string of the molecule is CN1CCC(C[Si](C)(C)O)C1=O. The molecule has 1 aliphatic rings. The topological polar surface area (TPSA) is 40.5 Å². The molecule has 4 heteroatoms. The lowest BCUT2D eigenvalue weighted by atomic mass is 10.1. The van der Waals surface area contributed by atoms with Crippen LogP contribution in [0.4, 0.5) is 0 Å². The molecule has 1 rings (SSSR count). The highest BCUT2D eigenvalue weighted by molar-refractivity contribution is 6.70. The van der Waals surface area contributed by atoms with E-state index in [2.05, 4.69) is 0 Å². The maximum absolute atomic E-state index is 11.4. The average molecular weight is 187 g/mol. The van der Waals surface area contributed by atoms with E-state index in [1.54, 1.807) is 4.90 Å². The van der Waals surface area contributed by atoms with Gasteiger partial charge < -0.3 is 9.70 Å². The van der Waals surface area contributed by atoms with Gasteiger partial charge in [0.05, 0.1) is 0 Å². The zero-order valence-corrected chi connectivity index (χ0v) is 9.00. The zero-order valence-electron chi connectivity index (χ0n) is 8.00. The normalized spacial score (nSPS) is 25.2. The minimum absolute atomic E-state index is 0.0988. The molecule has 0 aromatic carbocycles. The maximum Gasteiger partial charge on any atom is 0.225 e. The van der Waals surface area contributed by atoms with Crippen molar-refractivity contribution in [3.63, 3.8) is 0 Å². The van der Waals surface area contributed by atoms with Gasteiger partial charge in [-0.3, -0.25) is 4.79 Å². The third-order valence-corrected chi connectivity index (χ3v) is 3.78. The molecule has 1 atom stereocenters. The molecule has 70 valence electrons. The van der Waals surface area contributed by atoms with Crippen LogP contribution in [0.2, 0.25) is 19.1 Å². The molecule has 0 bridgehead atoms. The third-order valence-electron chi connectivity index (χ3n) is 2.28. The van der Waals surface area contributed by atoms with Crippen LogP contribution >= 0.6 is 0 Å². The molecule has 0 spiro atoms. The van der Waals surface area contributed by atoms with Gasteiger partial charge in [-0.1, -0.05) is 0 Å². The van der Waals surface area contributed by atoms with Crippen LogP contribution in [0.15, 0.2) is 0 Å². The van der Waals surface area contributed by atoms with Gasteiger partial charge in [-0.05, 0) is 25.6 Å². The lowest BCUT2D eigenvalue weighted by Crippen LogP contribution is -2.32. The number of rotatable bonds is 2. The van der Waals surface area contributed by atoms with E-state index < -0.39 is 8.32 Å². The van der Waals surface area contributed by atoms with Gasteiger partial charge in [0, 0.05) is 19.5 Å². The second kappa shape index (κ2) is 3.18. The highest BCUT2D eigenvalue weighted by atomic mass is 28.4.